The first-order chi connectivity index (χ1) is 9.64. The van der Waals surface area contributed by atoms with Crippen LogP contribution in [0.1, 0.15) is 64.7 Å². The van der Waals surface area contributed by atoms with Gasteiger partial charge in [0.15, 0.2) is 5.17 Å². The molecule has 1 aliphatic heterocycles. The highest BCUT2D eigenvalue weighted by molar-refractivity contribution is 9.09. The fourth-order valence-corrected chi connectivity index (χ4v) is 4.41. The van der Waals surface area contributed by atoms with Crippen LogP contribution in [0.2, 0.25) is 0 Å². The third kappa shape index (κ3) is 5.87. The van der Waals surface area contributed by atoms with Gasteiger partial charge in [0.05, 0.1) is 10.8 Å². The van der Waals surface area contributed by atoms with E-state index >= 15 is 0 Å². The molecule has 2 aliphatic rings. The first-order valence-electron chi connectivity index (χ1n) is 7.78. The van der Waals surface area contributed by atoms with Crippen molar-refractivity contribution in [3.63, 3.8) is 0 Å². The van der Waals surface area contributed by atoms with E-state index in [9.17, 15) is 4.79 Å². The minimum atomic E-state index is -0.314. The van der Waals surface area contributed by atoms with Crippen molar-refractivity contribution >= 4 is 55.7 Å². The number of nitrogens with zero attached hydrogens (tertiary/aromatic N) is 1. The second-order valence-corrected chi connectivity index (χ2v) is 8.30. The standard InChI is InChI=1S/C15H25BrN2OS.BrH/c1-15(10-6-7-11-16)13(19)18-14(20-15)17-12-8-4-2-3-5-9-12;/h12H,2-11H2,1H3,(H,17,18,19);1H. The SMILES string of the molecule is Br.CC1(CCCCBr)SC(=NC2CCCCCC2)NC1=O. The highest BCUT2D eigenvalue weighted by Gasteiger charge is 2.42. The molecule has 0 aromatic heterocycles. The lowest BCUT2D eigenvalue weighted by Crippen LogP contribution is -2.33. The molecule has 122 valence electrons. The second kappa shape index (κ2) is 9.56. The fraction of sp³-hybridized carbons (Fsp3) is 0.867. The van der Waals surface area contributed by atoms with Crippen LogP contribution in [-0.2, 0) is 4.79 Å². The smallest absolute Gasteiger partial charge is 0.242 e. The van der Waals surface area contributed by atoms with E-state index in [0.29, 0.717) is 6.04 Å². The first kappa shape index (κ1) is 19.5. The lowest BCUT2D eigenvalue weighted by molar-refractivity contribution is -0.121. The number of thioether (sulfide) groups is 1. The molecular weight excluding hydrogens is 416 g/mol. The topological polar surface area (TPSA) is 41.5 Å². The molecule has 1 aliphatic carbocycles. The normalized spacial score (nSPS) is 29.0. The molecule has 0 aromatic rings. The van der Waals surface area contributed by atoms with E-state index in [2.05, 4.69) is 28.2 Å². The molecule has 1 saturated heterocycles. The highest BCUT2D eigenvalue weighted by Crippen LogP contribution is 2.37. The van der Waals surface area contributed by atoms with Gasteiger partial charge in [0.2, 0.25) is 5.91 Å². The van der Waals surface area contributed by atoms with E-state index in [0.717, 1.165) is 29.8 Å². The summed E-state index contributed by atoms with van der Waals surface area (Å²) in [4.78, 5) is 17.0. The van der Waals surface area contributed by atoms with Crippen LogP contribution < -0.4 is 5.32 Å². The molecule has 1 N–H and O–H groups in total. The zero-order chi connectivity index (χ0) is 14.4. The first-order valence-corrected chi connectivity index (χ1v) is 9.72. The molecule has 0 radical (unpaired) electrons. The Balaban J connectivity index is 0.00000220. The number of hydrogen-bond acceptors (Lipinski definition) is 3. The number of hydrogen-bond donors (Lipinski definition) is 1. The average Bonchev–Trinajstić information content (AvgIpc) is 2.60. The van der Waals surface area contributed by atoms with Crippen LogP contribution >= 0.6 is 44.7 Å². The molecule has 2 fully saturated rings. The Morgan fingerprint density at radius 1 is 1.29 bits per heavy atom. The van der Waals surface area contributed by atoms with E-state index in [1.54, 1.807) is 11.8 Å². The molecule has 0 bridgehead atoms. The summed E-state index contributed by atoms with van der Waals surface area (Å²) >= 11 is 5.09. The van der Waals surface area contributed by atoms with Crippen molar-refractivity contribution in [2.75, 3.05) is 5.33 Å². The summed E-state index contributed by atoms with van der Waals surface area (Å²) in [5.74, 6) is 0.143. The van der Waals surface area contributed by atoms with E-state index in [1.807, 2.05) is 0 Å². The summed E-state index contributed by atoms with van der Waals surface area (Å²) < 4.78 is -0.314. The quantitative estimate of drug-likeness (QED) is 0.377. The number of amides is 1. The fourth-order valence-electron chi connectivity index (χ4n) is 2.85. The monoisotopic (exact) mass is 440 g/mol. The molecule has 0 spiro atoms. The summed E-state index contributed by atoms with van der Waals surface area (Å²) in [6, 6.07) is 0.421. The van der Waals surface area contributed by atoms with Gasteiger partial charge in [-0.25, -0.2) is 0 Å². The number of alkyl halides is 1. The van der Waals surface area contributed by atoms with Gasteiger partial charge in [0.1, 0.15) is 0 Å². The van der Waals surface area contributed by atoms with Gasteiger partial charge in [0, 0.05) is 5.33 Å². The predicted molar refractivity (Wildman–Crippen MR) is 101 cm³/mol. The van der Waals surface area contributed by atoms with Crippen LogP contribution in [0.5, 0.6) is 0 Å². The lowest BCUT2D eigenvalue weighted by Gasteiger charge is -2.18. The molecule has 2 rings (SSSR count). The Kier molecular flexibility index (Phi) is 8.87. The van der Waals surface area contributed by atoms with Crippen LogP contribution in [0.25, 0.3) is 0 Å². The van der Waals surface area contributed by atoms with Gasteiger partial charge in [-0.3, -0.25) is 9.79 Å². The van der Waals surface area contributed by atoms with Crippen molar-refractivity contribution < 1.29 is 4.79 Å². The Morgan fingerprint density at radius 2 is 1.95 bits per heavy atom. The summed E-state index contributed by atoms with van der Waals surface area (Å²) in [7, 11) is 0. The van der Waals surface area contributed by atoms with Crippen molar-refractivity contribution in [3.05, 3.63) is 0 Å². The van der Waals surface area contributed by atoms with Gasteiger partial charge in [-0.2, -0.15) is 0 Å². The summed E-state index contributed by atoms with van der Waals surface area (Å²) in [5.41, 5.74) is 0. The molecule has 6 heteroatoms. The van der Waals surface area contributed by atoms with Crippen LogP contribution in [0.3, 0.4) is 0 Å². The molecule has 1 heterocycles. The maximum atomic E-state index is 12.2. The number of unbranched alkanes of at least 4 members (excludes halogenated alkanes) is 1. The lowest BCUT2D eigenvalue weighted by atomic mass is 10.0. The second-order valence-electron chi connectivity index (χ2n) is 6.01. The minimum absolute atomic E-state index is 0. The number of carbonyl (C=O) groups is 1. The molecular formula is C15H26Br2N2OS. The van der Waals surface area contributed by atoms with E-state index < -0.39 is 0 Å². The Labute approximate surface area is 151 Å². The molecule has 1 unspecified atom stereocenters. The summed E-state index contributed by atoms with van der Waals surface area (Å²) in [6.45, 7) is 2.05. The van der Waals surface area contributed by atoms with Crippen molar-refractivity contribution in [2.45, 2.75) is 75.5 Å². The number of carbonyl (C=O) groups excluding carboxylic acids is 1. The summed E-state index contributed by atoms with van der Waals surface area (Å²) in [6.07, 6.45) is 10.7. The van der Waals surface area contributed by atoms with Crippen molar-refractivity contribution in [1.29, 1.82) is 0 Å². The van der Waals surface area contributed by atoms with Crippen molar-refractivity contribution in [1.82, 2.24) is 5.32 Å². The largest absolute Gasteiger partial charge is 0.304 e. The number of aliphatic imine (C=N–C) groups is 1. The number of rotatable bonds is 5. The van der Waals surface area contributed by atoms with Gasteiger partial charge >= 0.3 is 0 Å². The molecule has 0 aromatic carbocycles. The van der Waals surface area contributed by atoms with Crippen molar-refractivity contribution in [3.8, 4) is 0 Å². The van der Waals surface area contributed by atoms with Crippen LogP contribution in [0, 0.1) is 0 Å². The Morgan fingerprint density at radius 3 is 2.57 bits per heavy atom. The molecule has 1 amide bonds. The van der Waals surface area contributed by atoms with Crippen LogP contribution in [0.15, 0.2) is 4.99 Å². The molecule has 1 atom stereocenters. The maximum absolute atomic E-state index is 12.2. The highest BCUT2D eigenvalue weighted by atomic mass is 79.9. The molecule has 21 heavy (non-hydrogen) atoms. The Hall–Kier alpha value is 0.450. The van der Waals surface area contributed by atoms with Gasteiger partial charge in [0.25, 0.3) is 0 Å². The van der Waals surface area contributed by atoms with E-state index in [4.69, 9.17) is 4.99 Å². The van der Waals surface area contributed by atoms with E-state index in [-0.39, 0.29) is 27.6 Å². The van der Waals surface area contributed by atoms with Crippen molar-refractivity contribution in [2.24, 2.45) is 4.99 Å². The zero-order valence-electron chi connectivity index (χ0n) is 12.7. The van der Waals surface area contributed by atoms with Gasteiger partial charge in [-0.1, -0.05) is 59.8 Å². The third-order valence-electron chi connectivity index (χ3n) is 4.18. The molecule has 3 nitrogen and oxygen atoms in total. The minimum Gasteiger partial charge on any atom is -0.304 e. The van der Waals surface area contributed by atoms with Crippen LogP contribution in [0.4, 0.5) is 0 Å². The zero-order valence-corrected chi connectivity index (χ0v) is 16.8. The maximum Gasteiger partial charge on any atom is 0.242 e. The number of amidine groups is 1. The van der Waals surface area contributed by atoms with Gasteiger partial charge < -0.3 is 5.32 Å². The molecule has 1 saturated carbocycles. The summed E-state index contributed by atoms with van der Waals surface area (Å²) in [5, 5.41) is 4.88. The van der Waals surface area contributed by atoms with Crippen LogP contribution in [-0.4, -0.2) is 27.2 Å². The van der Waals surface area contributed by atoms with E-state index in [1.165, 1.54) is 38.5 Å². The number of halogens is 2. The van der Waals surface area contributed by atoms with Gasteiger partial charge in [-0.05, 0) is 32.6 Å². The average molecular weight is 442 g/mol. The predicted octanol–water partition coefficient (Wildman–Crippen LogP) is 4.83. The Bertz CT molecular complexity index is 371. The number of nitrogens with one attached hydrogen (secondary N) is 1. The van der Waals surface area contributed by atoms with Gasteiger partial charge in [-0.15, -0.1) is 17.0 Å². The third-order valence-corrected chi connectivity index (χ3v) is 5.99.